The maximum Gasteiger partial charge on any atom is 0.337 e. The lowest BCUT2D eigenvalue weighted by molar-refractivity contribution is 0.0696. The third kappa shape index (κ3) is 4.16. The molecule has 4 nitrogen and oxygen atoms in total. The predicted octanol–water partition coefficient (Wildman–Crippen LogP) is 1.86. The van der Waals surface area contributed by atoms with E-state index in [1.54, 1.807) is 18.5 Å². The highest BCUT2D eigenvalue weighted by Gasteiger charge is 2.03. The molecule has 0 fully saturated rings. The summed E-state index contributed by atoms with van der Waals surface area (Å²) in [5, 5.41) is 8.70. The van der Waals surface area contributed by atoms with Crippen LogP contribution in [0.1, 0.15) is 24.2 Å². The van der Waals surface area contributed by atoms with Crippen LogP contribution in [0.5, 0.6) is 0 Å². The minimum Gasteiger partial charge on any atom is -0.478 e. The highest BCUT2D eigenvalue weighted by Crippen LogP contribution is 2.01. The van der Waals surface area contributed by atoms with Crippen LogP contribution in [0.15, 0.2) is 18.5 Å². The fourth-order valence-electron chi connectivity index (χ4n) is 1.20. The molecule has 84 valence electrons. The van der Waals surface area contributed by atoms with Gasteiger partial charge < -0.3 is 14.4 Å². The SMILES string of the molecule is CC(C)COCCn1ccc(C(=O)O)c1. The topological polar surface area (TPSA) is 51.5 Å². The van der Waals surface area contributed by atoms with Gasteiger partial charge in [0.05, 0.1) is 12.2 Å². The summed E-state index contributed by atoms with van der Waals surface area (Å²) in [5.41, 5.74) is 0.318. The minimum absolute atomic E-state index is 0.318. The number of rotatable bonds is 6. The molecule has 1 rings (SSSR count). The third-order valence-corrected chi connectivity index (χ3v) is 1.94. The van der Waals surface area contributed by atoms with Crippen molar-refractivity contribution in [2.24, 2.45) is 5.92 Å². The number of carbonyl (C=O) groups is 1. The first-order valence-corrected chi connectivity index (χ1v) is 5.06. The Hall–Kier alpha value is -1.29. The van der Waals surface area contributed by atoms with Crippen LogP contribution < -0.4 is 0 Å². The van der Waals surface area contributed by atoms with Crippen LogP contribution >= 0.6 is 0 Å². The molecule has 0 aliphatic heterocycles. The number of hydrogen-bond acceptors (Lipinski definition) is 2. The Balaban J connectivity index is 2.29. The van der Waals surface area contributed by atoms with Crippen molar-refractivity contribution in [3.63, 3.8) is 0 Å². The second-order valence-corrected chi connectivity index (χ2v) is 3.91. The van der Waals surface area contributed by atoms with Crippen molar-refractivity contribution < 1.29 is 14.6 Å². The van der Waals surface area contributed by atoms with Crippen LogP contribution in [0.3, 0.4) is 0 Å². The van der Waals surface area contributed by atoms with Crippen LogP contribution in [0, 0.1) is 5.92 Å². The highest BCUT2D eigenvalue weighted by molar-refractivity contribution is 5.87. The van der Waals surface area contributed by atoms with Crippen LogP contribution in [0.4, 0.5) is 0 Å². The molecule has 1 aromatic heterocycles. The molecular weight excluding hydrogens is 194 g/mol. The highest BCUT2D eigenvalue weighted by atomic mass is 16.5. The largest absolute Gasteiger partial charge is 0.478 e. The number of carboxylic acid groups (broad SMARTS) is 1. The van der Waals surface area contributed by atoms with Crippen molar-refractivity contribution in [1.82, 2.24) is 4.57 Å². The molecule has 1 heterocycles. The van der Waals surface area contributed by atoms with E-state index in [9.17, 15) is 4.79 Å². The number of aromatic carboxylic acids is 1. The quantitative estimate of drug-likeness (QED) is 0.731. The van der Waals surface area contributed by atoms with E-state index in [1.807, 2.05) is 4.57 Å². The van der Waals surface area contributed by atoms with Crippen LogP contribution in [0.25, 0.3) is 0 Å². The van der Waals surface area contributed by atoms with Crippen LogP contribution in [-0.2, 0) is 11.3 Å². The Morgan fingerprint density at radius 3 is 2.87 bits per heavy atom. The first-order valence-electron chi connectivity index (χ1n) is 5.06. The van der Waals surface area contributed by atoms with Gasteiger partial charge in [-0.25, -0.2) is 4.79 Å². The van der Waals surface area contributed by atoms with Gasteiger partial charge in [-0.2, -0.15) is 0 Å². The van der Waals surface area contributed by atoms with Crippen LogP contribution in [-0.4, -0.2) is 28.9 Å². The standard InChI is InChI=1S/C11H17NO3/c1-9(2)8-15-6-5-12-4-3-10(7-12)11(13)14/h3-4,7,9H,5-6,8H2,1-2H3,(H,13,14). The van der Waals surface area contributed by atoms with Gasteiger partial charge in [0, 0.05) is 25.5 Å². The van der Waals surface area contributed by atoms with Gasteiger partial charge in [0.1, 0.15) is 0 Å². The van der Waals surface area contributed by atoms with E-state index < -0.39 is 5.97 Å². The van der Waals surface area contributed by atoms with Crippen molar-refractivity contribution in [3.8, 4) is 0 Å². The van der Waals surface area contributed by atoms with Crippen molar-refractivity contribution in [1.29, 1.82) is 0 Å². The summed E-state index contributed by atoms with van der Waals surface area (Å²) in [5.74, 6) is -0.360. The monoisotopic (exact) mass is 211 g/mol. The average Bonchev–Trinajstić information content (AvgIpc) is 2.60. The van der Waals surface area contributed by atoms with E-state index in [4.69, 9.17) is 9.84 Å². The summed E-state index contributed by atoms with van der Waals surface area (Å²) in [4.78, 5) is 10.6. The Bertz CT molecular complexity index is 317. The lowest BCUT2D eigenvalue weighted by Gasteiger charge is -2.07. The summed E-state index contributed by atoms with van der Waals surface area (Å²) in [6.07, 6.45) is 3.36. The third-order valence-electron chi connectivity index (χ3n) is 1.94. The second-order valence-electron chi connectivity index (χ2n) is 3.91. The molecule has 4 heteroatoms. The van der Waals surface area contributed by atoms with Crippen LogP contribution in [0.2, 0.25) is 0 Å². The lowest BCUT2D eigenvalue weighted by atomic mass is 10.2. The number of hydrogen-bond donors (Lipinski definition) is 1. The van der Waals surface area contributed by atoms with Gasteiger partial charge in [0.2, 0.25) is 0 Å². The molecule has 0 saturated heterocycles. The lowest BCUT2D eigenvalue weighted by Crippen LogP contribution is -2.08. The van der Waals surface area contributed by atoms with Crippen molar-refractivity contribution in [2.45, 2.75) is 20.4 Å². The van der Waals surface area contributed by atoms with E-state index in [-0.39, 0.29) is 0 Å². The van der Waals surface area contributed by atoms with Gasteiger partial charge in [0.25, 0.3) is 0 Å². The molecule has 0 bridgehead atoms. The molecule has 0 spiro atoms. The van der Waals surface area contributed by atoms with E-state index in [0.29, 0.717) is 24.6 Å². The van der Waals surface area contributed by atoms with Gasteiger partial charge in [-0.15, -0.1) is 0 Å². The molecule has 0 atom stereocenters. The van der Waals surface area contributed by atoms with Crippen molar-refractivity contribution in [2.75, 3.05) is 13.2 Å². The smallest absolute Gasteiger partial charge is 0.337 e. The minimum atomic E-state index is -0.892. The molecule has 0 unspecified atom stereocenters. The normalized spacial score (nSPS) is 10.9. The number of nitrogens with zero attached hydrogens (tertiary/aromatic N) is 1. The van der Waals surface area contributed by atoms with Gasteiger partial charge in [-0.05, 0) is 12.0 Å². The van der Waals surface area contributed by atoms with E-state index in [0.717, 1.165) is 6.61 Å². The number of carboxylic acids is 1. The Kier molecular flexibility index (Phi) is 4.37. The summed E-state index contributed by atoms with van der Waals surface area (Å²) in [6.45, 7) is 6.25. The zero-order valence-corrected chi connectivity index (χ0v) is 9.14. The maximum absolute atomic E-state index is 10.6. The Labute approximate surface area is 89.5 Å². The van der Waals surface area contributed by atoms with Gasteiger partial charge in [0.15, 0.2) is 0 Å². The molecule has 0 radical (unpaired) electrons. The number of aromatic nitrogens is 1. The molecular formula is C11H17NO3. The number of ether oxygens (including phenoxy) is 1. The maximum atomic E-state index is 10.6. The first-order chi connectivity index (χ1) is 7.09. The van der Waals surface area contributed by atoms with Crippen molar-refractivity contribution in [3.05, 3.63) is 24.0 Å². The Morgan fingerprint density at radius 2 is 2.33 bits per heavy atom. The summed E-state index contributed by atoms with van der Waals surface area (Å²) in [6, 6.07) is 1.59. The molecule has 0 saturated carbocycles. The van der Waals surface area contributed by atoms with Gasteiger partial charge in [-0.3, -0.25) is 0 Å². The molecule has 0 amide bonds. The van der Waals surface area contributed by atoms with Gasteiger partial charge >= 0.3 is 5.97 Å². The molecule has 0 aromatic carbocycles. The molecule has 1 aromatic rings. The molecule has 0 aliphatic carbocycles. The summed E-state index contributed by atoms with van der Waals surface area (Å²) in [7, 11) is 0. The fourth-order valence-corrected chi connectivity index (χ4v) is 1.20. The van der Waals surface area contributed by atoms with E-state index >= 15 is 0 Å². The van der Waals surface area contributed by atoms with Crippen molar-refractivity contribution >= 4 is 5.97 Å². The fraction of sp³-hybridized carbons (Fsp3) is 0.545. The van der Waals surface area contributed by atoms with E-state index in [1.165, 1.54) is 0 Å². The average molecular weight is 211 g/mol. The summed E-state index contributed by atoms with van der Waals surface area (Å²) < 4.78 is 7.22. The second kappa shape index (κ2) is 5.56. The molecule has 15 heavy (non-hydrogen) atoms. The zero-order chi connectivity index (χ0) is 11.3. The van der Waals surface area contributed by atoms with Gasteiger partial charge in [-0.1, -0.05) is 13.8 Å². The summed E-state index contributed by atoms with van der Waals surface area (Å²) >= 11 is 0. The first kappa shape index (κ1) is 11.8. The van der Waals surface area contributed by atoms with E-state index in [2.05, 4.69) is 13.8 Å². The Morgan fingerprint density at radius 1 is 1.60 bits per heavy atom. The molecule has 1 N–H and O–H groups in total. The molecule has 0 aliphatic rings. The predicted molar refractivity (Wildman–Crippen MR) is 57.0 cm³/mol. The zero-order valence-electron chi connectivity index (χ0n) is 9.14.